The highest BCUT2D eigenvalue weighted by Gasteiger charge is 2.42. The molecule has 1 heteroatoms. The molecule has 0 aromatic carbocycles. The van der Waals surface area contributed by atoms with Gasteiger partial charge < -0.3 is 4.74 Å². The van der Waals surface area contributed by atoms with Crippen molar-refractivity contribution in [3.05, 3.63) is 23.8 Å². The minimum Gasteiger partial charge on any atom is -0.369 e. The van der Waals surface area contributed by atoms with Crippen molar-refractivity contribution in [3.8, 4) is 0 Å². The summed E-state index contributed by atoms with van der Waals surface area (Å²) in [6.45, 7) is 6.29. The second kappa shape index (κ2) is 4.61. The van der Waals surface area contributed by atoms with Crippen LogP contribution < -0.4 is 0 Å². The standard InChI is InChI=1S/C16H24O/c1-11(2)16-14-9-4-3-7-12(14)13-8-5-6-10-15(13)17-16/h7,13-16H,1,3-6,8-10H2,2H3/t13-,14-,15+,16+/m1/s1. The molecule has 2 fully saturated rings. The molecule has 3 aliphatic rings. The van der Waals surface area contributed by atoms with E-state index < -0.39 is 0 Å². The van der Waals surface area contributed by atoms with Gasteiger partial charge in [-0.1, -0.05) is 36.6 Å². The van der Waals surface area contributed by atoms with Crippen molar-refractivity contribution in [3.63, 3.8) is 0 Å². The van der Waals surface area contributed by atoms with Gasteiger partial charge in [-0.25, -0.2) is 0 Å². The van der Waals surface area contributed by atoms with E-state index in [0.717, 1.165) is 5.92 Å². The van der Waals surface area contributed by atoms with Gasteiger partial charge in [0, 0.05) is 11.8 Å². The van der Waals surface area contributed by atoms with Crippen LogP contribution in [-0.2, 0) is 4.74 Å². The fourth-order valence-electron chi connectivity index (χ4n) is 4.06. The Kier molecular flexibility index (Phi) is 3.12. The lowest BCUT2D eigenvalue weighted by atomic mass is 9.68. The quantitative estimate of drug-likeness (QED) is 0.614. The Morgan fingerprint density at radius 1 is 1.18 bits per heavy atom. The van der Waals surface area contributed by atoms with Crippen LogP contribution in [-0.4, -0.2) is 12.2 Å². The van der Waals surface area contributed by atoms with Crippen molar-refractivity contribution in [2.75, 3.05) is 0 Å². The van der Waals surface area contributed by atoms with Crippen molar-refractivity contribution in [1.82, 2.24) is 0 Å². The van der Waals surface area contributed by atoms with Crippen molar-refractivity contribution in [1.29, 1.82) is 0 Å². The molecule has 1 saturated carbocycles. The molecule has 1 saturated heterocycles. The Balaban J connectivity index is 1.90. The predicted molar refractivity (Wildman–Crippen MR) is 70.9 cm³/mol. The van der Waals surface area contributed by atoms with E-state index in [4.69, 9.17) is 4.74 Å². The summed E-state index contributed by atoms with van der Waals surface area (Å²) in [7, 11) is 0. The molecular formula is C16H24O. The Morgan fingerprint density at radius 2 is 1.94 bits per heavy atom. The number of ether oxygens (including phenoxy) is 1. The van der Waals surface area contributed by atoms with Gasteiger partial charge in [0.15, 0.2) is 0 Å². The number of rotatable bonds is 1. The fourth-order valence-corrected chi connectivity index (χ4v) is 4.06. The molecule has 0 bridgehead atoms. The van der Waals surface area contributed by atoms with Crippen molar-refractivity contribution in [2.45, 2.75) is 64.1 Å². The Bertz CT molecular complexity index is 341. The second-order valence-electron chi connectivity index (χ2n) is 6.07. The number of hydrogen-bond acceptors (Lipinski definition) is 1. The maximum absolute atomic E-state index is 6.38. The molecule has 0 unspecified atom stereocenters. The minimum atomic E-state index is 0.306. The molecule has 1 aliphatic heterocycles. The molecule has 0 N–H and O–H groups in total. The molecular weight excluding hydrogens is 208 g/mol. The summed E-state index contributed by atoms with van der Waals surface area (Å²) >= 11 is 0. The zero-order valence-electron chi connectivity index (χ0n) is 11.0. The summed E-state index contributed by atoms with van der Waals surface area (Å²) in [6, 6.07) is 0. The van der Waals surface area contributed by atoms with E-state index in [1.807, 2.05) is 0 Å². The maximum Gasteiger partial charge on any atom is 0.0849 e. The largest absolute Gasteiger partial charge is 0.369 e. The fraction of sp³-hybridized carbons (Fsp3) is 0.750. The molecule has 0 radical (unpaired) electrons. The Morgan fingerprint density at radius 3 is 2.76 bits per heavy atom. The van der Waals surface area contributed by atoms with Gasteiger partial charge >= 0.3 is 0 Å². The molecule has 2 aliphatic carbocycles. The minimum absolute atomic E-state index is 0.306. The molecule has 0 aromatic rings. The van der Waals surface area contributed by atoms with Crippen LogP contribution in [0, 0.1) is 11.8 Å². The summed E-state index contributed by atoms with van der Waals surface area (Å²) in [5.41, 5.74) is 2.96. The number of allylic oxidation sites excluding steroid dienone is 1. The third-order valence-corrected chi connectivity index (χ3v) is 4.83. The van der Waals surface area contributed by atoms with Crippen LogP contribution in [0.3, 0.4) is 0 Å². The number of hydrogen-bond donors (Lipinski definition) is 0. The summed E-state index contributed by atoms with van der Waals surface area (Å²) in [6.07, 6.45) is 12.6. The van der Waals surface area contributed by atoms with Crippen molar-refractivity contribution in [2.24, 2.45) is 11.8 Å². The molecule has 0 amide bonds. The van der Waals surface area contributed by atoms with Crippen molar-refractivity contribution >= 4 is 0 Å². The molecule has 1 nitrogen and oxygen atoms in total. The summed E-state index contributed by atoms with van der Waals surface area (Å²) in [5.74, 6) is 1.39. The highest BCUT2D eigenvalue weighted by atomic mass is 16.5. The van der Waals surface area contributed by atoms with Crippen LogP contribution in [0.15, 0.2) is 23.8 Å². The zero-order valence-corrected chi connectivity index (χ0v) is 11.0. The predicted octanol–water partition coefficient (Wildman–Crippen LogP) is 4.25. The summed E-state index contributed by atoms with van der Waals surface area (Å²) in [5, 5.41) is 0. The van der Waals surface area contributed by atoms with Gasteiger partial charge in [-0.2, -0.15) is 0 Å². The average molecular weight is 232 g/mol. The molecule has 4 atom stereocenters. The van der Waals surface area contributed by atoms with E-state index in [1.165, 1.54) is 50.5 Å². The molecule has 1 heterocycles. The maximum atomic E-state index is 6.38. The lowest BCUT2D eigenvalue weighted by Gasteiger charge is -2.47. The first-order valence-electron chi connectivity index (χ1n) is 7.28. The average Bonchev–Trinajstić information content (AvgIpc) is 2.37. The smallest absolute Gasteiger partial charge is 0.0849 e. The highest BCUT2D eigenvalue weighted by molar-refractivity contribution is 5.24. The zero-order chi connectivity index (χ0) is 11.8. The lowest BCUT2D eigenvalue weighted by molar-refractivity contribution is -0.0871. The van der Waals surface area contributed by atoms with Gasteiger partial charge in [0.05, 0.1) is 12.2 Å². The van der Waals surface area contributed by atoms with Crippen LogP contribution in [0.25, 0.3) is 0 Å². The van der Waals surface area contributed by atoms with Gasteiger partial charge in [-0.15, -0.1) is 0 Å². The molecule has 17 heavy (non-hydrogen) atoms. The van der Waals surface area contributed by atoms with Crippen molar-refractivity contribution < 1.29 is 4.74 Å². The summed E-state index contributed by atoms with van der Waals surface area (Å²) in [4.78, 5) is 0. The molecule has 94 valence electrons. The first-order valence-corrected chi connectivity index (χ1v) is 7.28. The van der Waals surface area contributed by atoms with Gasteiger partial charge in [-0.05, 0) is 39.0 Å². The molecule has 0 aromatic heterocycles. The van der Waals surface area contributed by atoms with Gasteiger partial charge in [-0.3, -0.25) is 0 Å². The van der Waals surface area contributed by atoms with Crippen LogP contribution in [0.2, 0.25) is 0 Å². The van der Waals surface area contributed by atoms with Gasteiger partial charge in [0.25, 0.3) is 0 Å². The third kappa shape index (κ3) is 1.99. The van der Waals surface area contributed by atoms with Gasteiger partial charge in [0.1, 0.15) is 0 Å². The second-order valence-corrected chi connectivity index (χ2v) is 6.07. The normalized spacial score (nSPS) is 41.1. The van der Waals surface area contributed by atoms with E-state index in [-0.39, 0.29) is 0 Å². The molecule has 3 rings (SSSR count). The third-order valence-electron chi connectivity index (χ3n) is 4.83. The SMILES string of the molecule is C=C(C)[C@@H]1O[C@H]2CCCC[C@@H]2C2=CCCC[C@H]21. The van der Waals surface area contributed by atoms with Crippen LogP contribution >= 0.6 is 0 Å². The van der Waals surface area contributed by atoms with E-state index in [9.17, 15) is 0 Å². The van der Waals surface area contributed by atoms with E-state index in [1.54, 1.807) is 5.57 Å². The van der Waals surface area contributed by atoms with Gasteiger partial charge in [0.2, 0.25) is 0 Å². The topological polar surface area (TPSA) is 9.23 Å². The van der Waals surface area contributed by atoms with E-state index in [2.05, 4.69) is 19.6 Å². The Labute approximate surface area is 105 Å². The Hall–Kier alpha value is -0.560. The monoisotopic (exact) mass is 232 g/mol. The van der Waals surface area contributed by atoms with E-state index >= 15 is 0 Å². The first-order chi connectivity index (χ1) is 8.27. The summed E-state index contributed by atoms with van der Waals surface area (Å²) < 4.78 is 6.38. The van der Waals surface area contributed by atoms with Crippen LogP contribution in [0.4, 0.5) is 0 Å². The molecule has 0 spiro atoms. The first kappa shape index (κ1) is 11.5. The number of fused-ring (bicyclic) bond motifs is 3. The van der Waals surface area contributed by atoms with E-state index in [0.29, 0.717) is 18.1 Å². The van der Waals surface area contributed by atoms with Crippen LogP contribution in [0.1, 0.15) is 51.9 Å². The lowest BCUT2D eigenvalue weighted by Crippen LogP contribution is -2.45. The van der Waals surface area contributed by atoms with Crippen LogP contribution in [0.5, 0.6) is 0 Å². The highest BCUT2D eigenvalue weighted by Crippen LogP contribution is 2.47.